The predicted octanol–water partition coefficient (Wildman–Crippen LogP) is 0.910. The van der Waals surface area contributed by atoms with Crippen LogP contribution in [0.2, 0.25) is 0 Å². The van der Waals surface area contributed by atoms with Gasteiger partial charge >= 0.3 is 0 Å². The van der Waals surface area contributed by atoms with Crippen molar-refractivity contribution in [3.63, 3.8) is 0 Å². The first kappa shape index (κ1) is 13.3. The van der Waals surface area contributed by atoms with E-state index in [4.69, 9.17) is 0 Å². The maximum atomic E-state index is 13.4. The van der Waals surface area contributed by atoms with E-state index in [2.05, 4.69) is 4.99 Å². The molecule has 1 aromatic carbocycles. The molecule has 0 unspecified atom stereocenters. The number of hydrogen-bond acceptors (Lipinski definition) is 5. The summed E-state index contributed by atoms with van der Waals surface area (Å²) in [7, 11) is -4.14. The van der Waals surface area contributed by atoms with E-state index in [-0.39, 0.29) is 5.56 Å². The fraction of sp³-hybridized carbons (Fsp3) is 0.222. The van der Waals surface area contributed by atoms with Gasteiger partial charge in [0.25, 0.3) is 0 Å². The number of phenolic OH excluding ortho intramolecular Hbond substituents is 1. The lowest BCUT2D eigenvalue weighted by Crippen LogP contribution is -2.06. The van der Waals surface area contributed by atoms with E-state index in [0.29, 0.717) is 12.3 Å². The van der Waals surface area contributed by atoms with Gasteiger partial charge in [-0.25, -0.2) is 27.0 Å². The average Bonchev–Trinajstić information content (AvgIpc) is 2.19. The first-order valence-electron chi connectivity index (χ1n) is 4.22. The molecule has 0 bridgehead atoms. The minimum atomic E-state index is -4.14. The van der Waals surface area contributed by atoms with Crippen LogP contribution in [0.4, 0.5) is 8.78 Å². The van der Waals surface area contributed by atoms with Gasteiger partial charge in [-0.15, -0.1) is 0 Å². The van der Waals surface area contributed by atoms with Crippen LogP contribution in [0.15, 0.2) is 16.0 Å². The number of isocyanates is 1. The highest BCUT2D eigenvalue weighted by atomic mass is 32.2. The van der Waals surface area contributed by atoms with Crippen LogP contribution in [0.25, 0.3) is 0 Å². The zero-order valence-corrected chi connectivity index (χ0v) is 9.38. The highest BCUT2D eigenvalue weighted by molar-refractivity contribution is 7.90. The Morgan fingerprint density at radius 1 is 1.47 bits per heavy atom. The Kier molecular flexibility index (Phi) is 3.59. The maximum absolute atomic E-state index is 13.4. The maximum Gasteiger partial charge on any atom is 0.235 e. The largest absolute Gasteiger partial charge is 0.505 e. The molecule has 0 aliphatic heterocycles. The van der Waals surface area contributed by atoms with E-state index < -0.39 is 38.7 Å². The zero-order valence-electron chi connectivity index (χ0n) is 8.57. The summed E-state index contributed by atoms with van der Waals surface area (Å²) in [6.45, 7) is -0.493. The molecule has 1 aromatic rings. The first-order valence-corrected chi connectivity index (χ1v) is 6.11. The number of carbonyl (C=O) groups excluding carboxylic acids is 1. The molecule has 8 heteroatoms. The molecule has 0 amide bonds. The molecule has 92 valence electrons. The number of phenols is 1. The van der Waals surface area contributed by atoms with Crippen LogP contribution in [0.5, 0.6) is 5.75 Å². The summed E-state index contributed by atoms with van der Waals surface area (Å²) in [6.07, 6.45) is 1.74. The molecule has 0 aliphatic carbocycles. The van der Waals surface area contributed by atoms with Gasteiger partial charge < -0.3 is 5.11 Å². The van der Waals surface area contributed by atoms with E-state index in [9.17, 15) is 27.1 Å². The highest BCUT2D eigenvalue weighted by Crippen LogP contribution is 2.30. The second-order valence-corrected chi connectivity index (χ2v) is 5.14. The lowest BCUT2D eigenvalue weighted by atomic mass is 10.2. The molecule has 0 atom stereocenters. The molecule has 0 saturated heterocycles. The fourth-order valence-electron chi connectivity index (χ4n) is 1.22. The molecular weight excluding hydrogens is 256 g/mol. The lowest BCUT2D eigenvalue weighted by Gasteiger charge is -2.07. The van der Waals surface area contributed by atoms with Gasteiger partial charge in [-0.1, -0.05) is 0 Å². The topological polar surface area (TPSA) is 83.8 Å². The number of benzene rings is 1. The van der Waals surface area contributed by atoms with Gasteiger partial charge in [-0.05, 0) is 6.07 Å². The molecular formula is C9H7F2NO4S. The van der Waals surface area contributed by atoms with Crippen LogP contribution in [-0.2, 0) is 21.2 Å². The van der Waals surface area contributed by atoms with Crippen molar-refractivity contribution in [3.8, 4) is 5.75 Å². The molecule has 1 rings (SSSR count). The number of sulfone groups is 1. The van der Waals surface area contributed by atoms with Crippen molar-refractivity contribution >= 4 is 15.9 Å². The molecule has 0 saturated carbocycles. The third-order valence-corrected chi connectivity index (χ3v) is 3.03. The van der Waals surface area contributed by atoms with Crippen LogP contribution in [0.1, 0.15) is 5.56 Å². The number of aliphatic imine (C=N–C) groups is 1. The standard InChI is InChI=1S/C9H7F2NO4S/c1-17(15,16)9-6(10)2-5(3-12-4-13)8(14)7(9)11/h2,14H,3H2,1H3. The number of rotatable bonds is 3. The van der Waals surface area contributed by atoms with Crippen LogP contribution in [0, 0.1) is 11.6 Å². The Balaban J connectivity index is 3.52. The van der Waals surface area contributed by atoms with E-state index >= 15 is 0 Å². The number of halogens is 2. The van der Waals surface area contributed by atoms with E-state index in [0.717, 1.165) is 6.08 Å². The molecule has 17 heavy (non-hydrogen) atoms. The minimum Gasteiger partial charge on any atom is -0.505 e. The quantitative estimate of drug-likeness (QED) is 0.649. The molecule has 0 fully saturated rings. The van der Waals surface area contributed by atoms with Crippen molar-refractivity contribution in [1.29, 1.82) is 0 Å². The third-order valence-electron chi connectivity index (χ3n) is 1.91. The summed E-state index contributed by atoms with van der Waals surface area (Å²) >= 11 is 0. The molecule has 5 nitrogen and oxygen atoms in total. The van der Waals surface area contributed by atoms with Gasteiger partial charge in [0, 0.05) is 11.8 Å². The number of hydrogen-bond donors (Lipinski definition) is 1. The van der Waals surface area contributed by atoms with Crippen LogP contribution >= 0.6 is 0 Å². The zero-order chi connectivity index (χ0) is 13.2. The Morgan fingerprint density at radius 2 is 2.06 bits per heavy atom. The molecule has 0 aliphatic rings. The summed E-state index contributed by atoms with van der Waals surface area (Å²) in [5.41, 5.74) is -0.337. The van der Waals surface area contributed by atoms with E-state index in [1.54, 1.807) is 0 Å². The summed E-state index contributed by atoms with van der Waals surface area (Å²) in [4.78, 5) is 11.6. The van der Waals surface area contributed by atoms with Gasteiger partial charge in [0.2, 0.25) is 6.08 Å². The van der Waals surface area contributed by atoms with Crippen molar-refractivity contribution in [2.24, 2.45) is 4.99 Å². The summed E-state index contributed by atoms with van der Waals surface area (Å²) < 4.78 is 48.9. The summed E-state index contributed by atoms with van der Waals surface area (Å²) in [5, 5.41) is 9.30. The van der Waals surface area contributed by atoms with Gasteiger partial charge in [0.15, 0.2) is 21.4 Å². The van der Waals surface area contributed by atoms with E-state index in [1.165, 1.54) is 0 Å². The fourth-order valence-corrected chi connectivity index (χ4v) is 2.05. The van der Waals surface area contributed by atoms with Gasteiger partial charge in [-0.3, -0.25) is 0 Å². The van der Waals surface area contributed by atoms with Gasteiger partial charge in [-0.2, -0.15) is 0 Å². The third kappa shape index (κ3) is 2.66. The Morgan fingerprint density at radius 3 is 2.53 bits per heavy atom. The molecule has 0 spiro atoms. The lowest BCUT2D eigenvalue weighted by molar-refractivity contribution is 0.406. The van der Waals surface area contributed by atoms with Crippen molar-refractivity contribution in [3.05, 3.63) is 23.3 Å². The molecule has 0 heterocycles. The minimum absolute atomic E-state index is 0.337. The monoisotopic (exact) mass is 263 g/mol. The number of aromatic hydroxyl groups is 1. The summed E-state index contributed by atoms with van der Waals surface area (Å²) in [6, 6.07) is 0.607. The smallest absolute Gasteiger partial charge is 0.235 e. The van der Waals surface area contributed by atoms with E-state index in [1.807, 2.05) is 0 Å². The normalized spacial score (nSPS) is 11.0. The Labute approximate surface area is 95.3 Å². The first-order chi connectivity index (χ1) is 7.79. The van der Waals surface area contributed by atoms with Gasteiger partial charge in [0.1, 0.15) is 10.7 Å². The van der Waals surface area contributed by atoms with Crippen molar-refractivity contribution in [2.75, 3.05) is 6.26 Å². The molecule has 0 radical (unpaired) electrons. The SMILES string of the molecule is CS(=O)(=O)c1c(F)cc(CN=C=O)c(O)c1F. The van der Waals surface area contributed by atoms with Gasteiger partial charge in [0.05, 0.1) is 6.54 Å². The van der Waals surface area contributed by atoms with Crippen LogP contribution in [-0.4, -0.2) is 25.9 Å². The Bertz CT molecular complexity index is 606. The van der Waals surface area contributed by atoms with Crippen molar-refractivity contribution in [1.82, 2.24) is 0 Å². The Hall–Kier alpha value is -1.79. The second kappa shape index (κ2) is 4.60. The predicted molar refractivity (Wildman–Crippen MR) is 53.0 cm³/mol. The van der Waals surface area contributed by atoms with Crippen molar-refractivity contribution < 1.29 is 27.1 Å². The summed E-state index contributed by atoms with van der Waals surface area (Å²) in [5.74, 6) is -3.99. The number of nitrogens with zero attached hydrogens (tertiary/aromatic N) is 1. The van der Waals surface area contributed by atoms with Crippen LogP contribution < -0.4 is 0 Å². The molecule has 0 aromatic heterocycles. The van der Waals surface area contributed by atoms with Crippen molar-refractivity contribution in [2.45, 2.75) is 11.4 Å². The average molecular weight is 263 g/mol. The highest BCUT2D eigenvalue weighted by Gasteiger charge is 2.25. The second-order valence-electron chi connectivity index (χ2n) is 3.19. The molecule has 1 N–H and O–H groups in total. The van der Waals surface area contributed by atoms with Crippen LogP contribution in [0.3, 0.4) is 0 Å².